The monoisotopic (exact) mass is 161 g/mol. The van der Waals surface area contributed by atoms with Crippen LogP contribution in [-0.2, 0) is 0 Å². The highest BCUT2D eigenvalue weighted by atomic mass is 19.3. The minimum atomic E-state index is -3.00. The van der Waals surface area contributed by atoms with Gasteiger partial charge in [-0.05, 0) is 18.2 Å². The lowest BCUT2D eigenvalue weighted by atomic mass is 10.3. The fourth-order valence-electron chi connectivity index (χ4n) is 0.582. The third kappa shape index (κ3) is 2.14. The van der Waals surface area contributed by atoms with Crippen molar-refractivity contribution in [3.8, 4) is 5.75 Å². The van der Waals surface area contributed by atoms with Crippen molar-refractivity contribution < 1.29 is 17.9 Å². The second-order valence-corrected chi connectivity index (χ2v) is 1.74. The molecule has 1 nitrogen and oxygen atoms in total. The summed E-state index contributed by atoms with van der Waals surface area (Å²) in [6, 6.07) is 5.69. The molecule has 0 aliphatic rings. The maximum atomic E-state index is 12.5. The number of ether oxygens (including phenoxy) is 1. The molecule has 0 N–H and O–H groups in total. The Hall–Kier alpha value is -1.19. The third-order valence-electron chi connectivity index (χ3n) is 0.992. The van der Waals surface area contributed by atoms with Crippen molar-refractivity contribution in [3.63, 3.8) is 0 Å². The zero-order valence-electron chi connectivity index (χ0n) is 5.35. The molecular weight excluding hydrogens is 157 g/mol. The molecule has 1 radical (unpaired) electrons. The molecule has 0 spiro atoms. The Morgan fingerprint density at radius 3 is 2.73 bits per heavy atom. The zero-order valence-corrected chi connectivity index (χ0v) is 5.35. The van der Waals surface area contributed by atoms with Crippen molar-refractivity contribution in [3.05, 3.63) is 30.1 Å². The van der Waals surface area contributed by atoms with Crippen molar-refractivity contribution in [2.24, 2.45) is 0 Å². The van der Waals surface area contributed by atoms with Crippen LogP contribution in [0, 0.1) is 11.9 Å². The van der Waals surface area contributed by atoms with Gasteiger partial charge in [0, 0.05) is 0 Å². The molecule has 4 heteroatoms. The fourth-order valence-corrected chi connectivity index (χ4v) is 0.582. The van der Waals surface area contributed by atoms with Gasteiger partial charge in [-0.25, -0.2) is 4.39 Å². The van der Waals surface area contributed by atoms with Crippen molar-refractivity contribution in [1.82, 2.24) is 0 Å². The highest BCUT2D eigenvalue weighted by Gasteiger charge is 2.07. The van der Waals surface area contributed by atoms with Crippen LogP contribution in [0.1, 0.15) is 0 Å². The predicted octanol–water partition coefficient (Wildman–Crippen LogP) is 2.23. The maximum Gasteiger partial charge on any atom is 0.387 e. The van der Waals surface area contributed by atoms with E-state index < -0.39 is 18.2 Å². The van der Waals surface area contributed by atoms with Gasteiger partial charge in [0.05, 0.1) is 0 Å². The van der Waals surface area contributed by atoms with E-state index in [1.54, 1.807) is 0 Å². The first kappa shape index (κ1) is 7.91. The number of benzene rings is 1. The molecule has 0 fully saturated rings. The van der Waals surface area contributed by atoms with Crippen molar-refractivity contribution in [2.45, 2.75) is 6.61 Å². The molecule has 0 unspecified atom stereocenters. The topological polar surface area (TPSA) is 9.23 Å². The minimum Gasteiger partial charge on any atom is -0.432 e. The summed E-state index contributed by atoms with van der Waals surface area (Å²) < 4.78 is 39.3. The number of rotatable bonds is 2. The summed E-state index contributed by atoms with van der Waals surface area (Å²) in [5, 5.41) is 0. The summed E-state index contributed by atoms with van der Waals surface area (Å²) in [7, 11) is 0. The third-order valence-corrected chi connectivity index (χ3v) is 0.992. The van der Waals surface area contributed by atoms with Crippen LogP contribution < -0.4 is 4.74 Å². The summed E-state index contributed by atoms with van der Waals surface area (Å²) in [4.78, 5) is 0. The van der Waals surface area contributed by atoms with E-state index in [1.165, 1.54) is 6.07 Å². The second kappa shape index (κ2) is 3.27. The first-order valence-electron chi connectivity index (χ1n) is 2.80. The van der Waals surface area contributed by atoms with E-state index in [0.29, 0.717) is 0 Å². The van der Waals surface area contributed by atoms with Crippen LogP contribution in [0.3, 0.4) is 0 Å². The number of halogens is 3. The molecule has 0 atom stereocenters. The van der Waals surface area contributed by atoms with Crippen LogP contribution in [-0.4, -0.2) is 6.61 Å². The Labute approximate surface area is 61.4 Å². The van der Waals surface area contributed by atoms with Crippen molar-refractivity contribution in [1.29, 1.82) is 0 Å². The molecule has 0 amide bonds. The summed E-state index contributed by atoms with van der Waals surface area (Å²) in [5.74, 6) is -1.30. The smallest absolute Gasteiger partial charge is 0.387 e. The molecule has 0 aromatic heterocycles. The first-order chi connectivity index (χ1) is 5.20. The molecule has 59 valence electrons. The normalized spacial score (nSPS) is 10.2. The Morgan fingerprint density at radius 2 is 2.18 bits per heavy atom. The molecule has 1 aromatic carbocycles. The van der Waals surface area contributed by atoms with Gasteiger partial charge in [-0.1, -0.05) is 6.07 Å². The Bertz CT molecular complexity index is 237. The maximum absolute atomic E-state index is 12.5. The molecule has 1 aromatic rings. The van der Waals surface area contributed by atoms with E-state index >= 15 is 0 Å². The number of hydrogen-bond acceptors (Lipinski definition) is 1. The fraction of sp³-hybridized carbons (Fsp3) is 0.143. The Kier molecular flexibility index (Phi) is 2.36. The standard InChI is InChI=1S/C7H4F3O/c8-5-3-1-2-4-6(5)11-7(9)10/h1,3-4,7H. The van der Waals surface area contributed by atoms with E-state index in [-0.39, 0.29) is 0 Å². The van der Waals surface area contributed by atoms with E-state index in [0.717, 1.165) is 12.1 Å². The van der Waals surface area contributed by atoms with Gasteiger partial charge in [-0.3, -0.25) is 0 Å². The van der Waals surface area contributed by atoms with Crippen LogP contribution in [0.15, 0.2) is 18.2 Å². The van der Waals surface area contributed by atoms with Gasteiger partial charge in [0.1, 0.15) is 0 Å². The van der Waals surface area contributed by atoms with Crippen LogP contribution in [0.25, 0.3) is 0 Å². The molecule has 0 heterocycles. The van der Waals surface area contributed by atoms with Crippen molar-refractivity contribution >= 4 is 0 Å². The molecular formula is C7H4F3O. The van der Waals surface area contributed by atoms with Crippen LogP contribution in [0.5, 0.6) is 5.75 Å². The largest absolute Gasteiger partial charge is 0.432 e. The lowest BCUT2D eigenvalue weighted by molar-refractivity contribution is -0.0522. The summed E-state index contributed by atoms with van der Waals surface area (Å²) in [6.07, 6.45) is 0. The first-order valence-corrected chi connectivity index (χ1v) is 2.80. The van der Waals surface area contributed by atoms with E-state index in [4.69, 9.17) is 0 Å². The van der Waals surface area contributed by atoms with Gasteiger partial charge in [0.25, 0.3) is 0 Å². The van der Waals surface area contributed by atoms with E-state index in [2.05, 4.69) is 10.8 Å². The van der Waals surface area contributed by atoms with Gasteiger partial charge < -0.3 is 4.74 Å². The zero-order chi connectivity index (χ0) is 8.27. The van der Waals surface area contributed by atoms with Crippen LogP contribution in [0.4, 0.5) is 13.2 Å². The SMILES string of the molecule is Fc1cc[c]cc1OC(F)F. The highest BCUT2D eigenvalue weighted by molar-refractivity contribution is 5.22. The lowest BCUT2D eigenvalue weighted by Crippen LogP contribution is -2.03. The molecule has 0 aliphatic heterocycles. The molecule has 1 rings (SSSR count). The minimum absolute atomic E-state index is 0.484. The van der Waals surface area contributed by atoms with Gasteiger partial charge in [0.15, 0.2) is 11.6 Å². The molecule has 0 saturated carbocycles. The van der Waals surface area contributed by atoms with E-state index in [9.17, 15) is 13.2 Å². The van der Waals surface area contributed by atoms with Crippen molar-refractivity contribution in [2.75, 3.05) is 0 Å². The molecule has 0 saturated heterocycles. The average molecular weight is 161 g/mol. The van der Waals surface area contributed by atoms with Gasteiger partial charge in [0.2, 0.25) is 0 Å². The van der Waals surface area contributed by atoms with Gasteiger partial charge >= 0.3 is 6.61 Å². The summed E-state index contributed by atoms with van der Waals surface area (Å²) in [6.45, 7) is -3.00. The quantitative estimate of drug-likeness (QED) is 0.646. The second-order valence-electron chi connectivity index (χ2n) is 1.74. The van der Waals surface area contributed by atoms with Gasteiger partial charge in [-0.15, -0.1) is 0 Å². The Balaban J connectivity index is 2.78. The van der Waals surface area contributed by atoms with Gasteiger partial charge in [-0.2, -0.15) is 8.78 Å². The number of alkyl halides is 2. The summed E-state index contributed by atoms with van der Waals surface area (Å²) in [5.41, 5.74) is 0. The molecule has 0 bridgehead atoms. The molecule has 0 aliphatic carbocycles. The summed E-state index contributed by atoms with van der Waals surface area (Å²) >= 11 is 0. The number of hydrogen-bond donors (Lipinski definition) is 0. The van der Waals surface area contributed by atoms with Crippen LogP contribution >= 0.6 is 0 Å². The Morgan fingerprint density at radius 1 is 1.45 bits per heavy atom. The van der Waals surface area contributed by atoms with E-state index in [1.807, 2.05) is 0 Å². The van der Waals surface area contributed by atoms with Crippen LogP contribution in [0.2, 0.25) is 0 Å². The predicted molar refractivity (Wildman–Crippen MR) is 31.9 cm³/mol. The lowest BCUT2D eigenvalue weighted by Gasteiger charge is -2.03. The molecule has 11 heavy (non-hydrogen) atoms. The highest BCUT2D eigenvalue weighted by Crippen LogP contribution is 2.17. The average Bonchev–Trinajstić information content (AvgIpc) is 1.93.